The second-order valence-electron chi connectivity index (χ2n) is 6.23. The summed E-state index contributed by atoms with van der Waals surface area (Å²) in [5.74, 6) is 3.24. The number of ether oxygens (including phenoxy) is 1. The van der Waals surface area contributed by atoms with Crippen molar-refractivity contribution in [3.05, 3.63) is 47.2 Å². The molecular formula is C18H24N2O2. The molecule has 0 saturated carbocycles. The molecule has 1 aromatic carbocycles. The van der Waals surface area contributed by atoms with E-state index in [4.69, 9.17) is 9.15 Å². The Labute approximate surface area is 132 Å². The average molecular weight is 300 g/mol. The van der Waals surface area contributed by atoms with Gasteiger partial charge in [0.1, 0.15) is 11.5 Å². The fourth-order valence-corrected chi connectivity index (χ4v) is 3.22. The summed E-state index contributed by atoms with van der Waals surface area (Å²) >= 11 is 0. The molecule has 0 N–H and O–H groups in total. The highest BCUT2D eigenvalue weighted by atomic mass is 16.5. The van der Waals surface area contributed by atoms with Gasteiger partial charge in [-0.05, 0) is 50.8 Å². The zero-order chi connectivity index (χ0) is 15.7. The fraction of sp³-hybridized carbons (Fsp3) is 0.500. The minimum absolute atomic E-state index is 0.541. The molecule has 1 fully saturated rings. The standard InChI is InChI=1S/C18H24N2O2/c1-12-9-16(15-5-7-17(21-4)8-6-15)10-20(12)11-18-19-13(2)14(3)22-18/h5-8,12,16H,9-11H2,1-4H3/t12-,16-/m0/s1. The Morgan fingerprint density at radius 3 is 2.59 bits per heavy atom. The van der Waals surface area contributed by atoms with E-state index in [0.29, 0.717) is 12.0 Å². The van der Waals surface area contributed by atoms with Crippen molar-refractivity contribution in [3.8, 4) is 5.75 Å². The normalized spacial score (nSPS) is 22.2. The number of likely N-dealkylation sites (tertiary alicyclic amines) is 1. The molecule has 2 atom stereocenters. The lowest BCUT2D eigenvalue weighted by Crippen LogP contribution is -2.26. The largest absolute Gasteiger partial charge is 0.497 e. The van der Waals surface area contributed by atoms with E-state index in [1.165, 1.54) is 12.0 Å². The first kappa shape index (κ1) is 15.1. The van der Waals surface area contributed by atoms with Gasteiger partial charge in [0.15, 0.2) is 0 Å². The molecule has 1 saturated heterocycles. The van der Waals surface area contributed by atoms with Gasteiger partial charge in [0.2, 0.25) is 5.89 Å². The van der Waals surface area contributed by atoms with Crippen molar-refractivity contribution in [2.75, 3.05) is 13.7 Å². The van der Waals surface area contributed by atoms with Gasteiger partial charge in [-0.3, -0.25) is 4.90 Å². The van der Waals surface area contributed by atoms with Crippen molar-refractivity contribution in [3.63, 3.8) is 0 Å². The summed E-state index contributed by atoms with van der Waals surface area (Å²) in [5, 5.41) is 0. The number of nitrogens with zero attached hydrogens (tertiary/aromatic N) is 2. The first-order valence-electron chi connectivity index (χ1n) is 7.87. The summed E-state index contributed by atoms with van der Waals surface area (Å²) in [4.78, 5) is 6.96. The lowest BCUT2D eigenvalue weighted by molar-refractivity contribution is 0.231. The first-order valence-corrected chi connectivity index (χ1v) is 7.87. The molecular weight excluding hydrogens is 276 g/mol. The molecule has 0 aliphatic carbocycles. The van der Waals surface area contributed by atoms with Crippen molar-refractivity contribution in [2.24, 2.45) is 0 Å². The lowest BCUT2D eigenvalue weighted by atomic mass is 9.97. The lowest BCUT2D eigenvalue weighted by Gasteiger charge is -2.18. The molecule has 4 nitrogen and oxygen atoms in total. The van der Waals surface area contributed by atoms with Gasteiger partial charge in [0.25, 0.3) is 0 Å². The molecule has 0 unspecified atom stereocenters. The Balaban J connectivity index is 1.68. The second-order valence-corrected chi connectivity index (χ2v) is 6.23. The van der Waals surface area contributed by atoms with Crippen molar-refractivity contribution in [1.82, 2.24) is 9.88 Å². The molecule has 118 valence electrons. The highest BCUT2D eigenvalue weighted by Gasteiger charge is 2.30. The molecule has 4 heteroatoms. The maximum atomic E-state index is 5.73. The Morgan fingerprint density at radius 2 is 2.00 bits per heavy atom. The van der Waals surface area contributed by atoms with E-state index >= 15 is 0 Å². The van der Waals surface area contributed by atoms with Crippen LogP contribution in [0, 0.1) is 13.8 Å². The van der Waals surface area contributed by atoms with E-state index in [0.717, 1.165) is 36.2 Å². The number of hydrogen-bond donors (Lipinski definition) is 0. The average Bonchev–Trinajstić information content (AvgIpc) is 3.03. The van der Waals surface area contributed by atoms with Crippen molar-refractivity contribution >= 4 is 0 Å². The van der Waals surface area contributed by atoms with Crippen molar-refractivity contribution in [2.45, 2.75) is 45.7 Å². The highest BCUT2D eigenvalue weighted by Crippen LogP contribution is 2.33. The Bertz CT molecular complexity index is 614. The topological polar surface area (TPSA) is 38.5 Å². The van der Waals surface area contributed by atoms with E-state index in [-0.39, 0.29) is 0 Å². The van der Waals surface area contributed by atoms with Gasteiger partial charge in [0.05, 0.1) is 19.3 Å². The van der Waals surface area contributed by atoms with E-state index in [1.807, 2.05) is 26.0 Å². The molecule has 2 aromatic rings. The molecule has 0 radical (unpaired) electrons. The van der Waals surface area contributed by atoms with Crippen LogP contribution < -0.4 is 4.74 Å². The third-order valence-corrected chi connectivity index (χ3v) is 4.70. The van der Waals surface area contributed by atoms with Crippen LogP contribution in [0.1, 0.15) is 42.2 Å². The van der Waals surface area contributed by atoms with Crippen LogP contribution in [-0.2, 0) is 6.54 Å². The minimum Gasteiger partial charge on any atom is -0.497 e. The van der Waals surface area contributed by atoms with E-state index in [9.17, 15) is 0 Å². The highest BCUT2D eigenvalue weighted by molar-refractivity contribution is 5.30. The third-order valence-electron chi connectivity index (χ3n) is 4.70. The van der Waals surface area contributed by atoms with E-state index < -0.39 is 0 Å². The summed E-state index contributed by atoms with van der Waals surface area (Å²) in [5.41, 5.74) is 2.38. The van der Waals surface area contributed by atoms with Crippen LogP contribution in [0.2, 0.25) is 0 Å². The quantitative estimate of drug-likeness (QED) is 0.863. The Kier molecular flexibility index (Phi) is 4.21. The van der Waals surface area contributed by atoms with Crippen LogP contribution in [0.15, 0.2) is 28.7 Å². The molecule has 2 heterocycles. The molecule has 3 rings (SSSR count). The van der Waals surface area contributed by atoms with Crippen LogP contribution in [-0.4, -0.2) is 29.6 Å². The maximum absolute atomic E-state index is 5.73. The number of rotatable bonds is 4. The van der Waals surface area contributed by atoms with E-state index in [2.05, 4.69) is 28.9 Å². The van der Waals surface area contributed by atoms with Crippen molar-refractivity contribution < 1.29 is 9.15 Å². The monoisotopic (exact) mass is 300 g/mol. The maximum Gasteiger partial charge on any atom is 0.208 e. The number of methoxy groups -OCH3 is 1. The molecule has 22 heavy (non-hydrogen) atoms. The number of benzene rings is 1. The van der Waals surface area contributed by atoms with Gasteiger partial charge in [0, 0.05) is 12.6 Å². The third kappa shape index (κ3) is 3.02. The SMILES string of the molecule is COc1ccc([C@H]2C[C@H](C)N(Cc3nc(C)c(C)o3)C2)cc1. The van der Waals surface area contributed by atoms with Crippen LogP contribution in [0.4, 0.5) is 0 Å². The van der Waals surface area contributed by atoms with Crippen LogP contribution >= 0.6 is 0 Å². The summed E-state index contributed by atoms with van der Waals surface area (Å²) in [6.45, 7) is 8.10. The smallest absolute Gasteiger partial charge is 0.208 e. The molecule has 1 aliphatic rings. The summed E-state index contributed by atoms with van der Waals surface area (Å²) in [6, 6.07) is 8.99. The Hall–Kier alpha value is -1.81. The fourth-order valence-electron chi connectivity index (χ4n) is 3.22. The van der Waals surface area contributed by atoms with Gasteiger partial charge >= 0.3 is 0 Å². The molecule has 0 spiro atoms. The zero-order valence-corrected chi connectivity index (χ0v) is 13.8. The molecule has 0 amide bonds. The predicted molar refractivity (Wildman–Crippen MR) is 86.2 cm³/mol. The zero-order valence-electron chi connectivity index (χ0n) is 13.8. The number of oxazole rings is 1. The Morgan fingerprint density at radius 1 is 1.27 bits per heavy atom. The predicted octanol–water partition coefficient (Wildman–Crippen LogP) is 3.68. The van der Waals surface area contributed by atoms with Gasteiger partial charge in [-0.15, -0.1) is 0 Å². The van der Waals surface area contributed by atoms with Crippen molar-refractivity contribution in [1.29, 1.82) is 0 Å². The van der Waals surface area contributed by atoms with E-state index in [1.54, 1.807) is 7.11 Å². The van der Waals surface area contributed by atoms with Crippen LogP contribution in [0.3, 0.4) is 0 Å². The summed E-state index contributed by atoms with van der Waals surface area (Å²) in [7, 11) is 1.70. The van der Waals surface area contributed by atoms with Gasteiger partial charge < -0.3 is 9.15 Å². The van der Waals surface area contributed by atoms with Crippen LogP contribution in [0.25, 0.3) is 0 Å². The molecule has 1 aromatic heterocycles. The summed E-state index contributed by atoms with van der Waals surface area (Å²) in [6.07, 6.45) is 1.17. The molecule has 0 bridgehead atoms. The second kappa shape index (κ2) is 6.13. The first-order chi connectivity index (χ1) is 10.6. The number of hydrogen-bond acceptors (Lipinski definition) is 4. The van der Waals surface area contributed by atoms with Gasteiger partial charge in [-0.1, -0.05) is 12.1 Å². The number of aryl methyl sites for hydroxylation is 2. The minimum atomic E-state index is 0.541. The van der Waals surface area contributed by atoms with Gasteiger partial charge in [-0.25, -0.2) is 4.98 Å². The van der Waals surface area contributed by atoms with Crippen LogP contribution in [0.5, 0.6) is 5.75 Å². The number of aromatic nitrogens is 1. The van der Waals surface area contributed by atoms with Gasteiger partial charge in [-0.2, -0.15) is 0 Å². The molecule has 1 aliphatic heterocycles. The summed E-state index contributed by atoms with van der Waals surface area (Å²) < 4.78 is 11.0.